The van der Waals surface area contributed by atoms with Gasteiger partial charge < -0.3 is 10.5 Å². The highest BCUT2D eigenvalue weighted by Gasteiger charge is 2.36. The molecule has 16 heavy (non-hydrogen) atoms. The number of piperidine rings is 1. The Hall–Kier alpha value is -0.120. The summed E-state index contributed by atoms with van der Waals surface area (Å²) in [5, 5.41) is 0. The van der Waals surface area contributed by atoms with Gasteiger partial charge in [-0.3, -0.25) is 4.90 Å². The van der Waals surface area contributed by atoms with E-state index in [1.165, 1.54) is 12.8 Å². The Kier molecular flexibility index (Phi) is 3.88. The van der Waals surface area contributed by atoms with Crippen molar-refractivity contribution >= 4 is 0 Å². The van der Waals surface area contributed by atoms with Crippen molar-refractivity contribution in [1.82, 2.24) is 4.90 Å². The van der Waals surface area contributed by atoms with Crippen molar-refractivity contribution in [3.8, 4) is 0 Å². The summed E-state index contributed by atoms with van der Waals surface area (Å²) in [5.41, 5.74) is 6.13. The summed E-state index contributed by atoms with van der Waals surface area (Å²) in [5.74, 6) is 0.595. The van der Waals surface area contributed by atoms with Gasteiger partial charge in [0.1, 0.15) is 0 Å². The van der Waals surface area contributed by atoms with Gasteiger partial charge in [-0.05, 0) is 39.0 Å². The first kappa shape index (κ1) is 12.3. The minimum atomic E-state index is 0.378. The average molecular weight is 226 g/mol. The Morgan fingerprint density at radius 3 is 2.69 bits per heavy atom. The summed E-state index contributed by atoms with van der Waals surface area (Å²) in [4.78, 5) is 2.60. The highest BCUT2D eigenvalue weighted by molar-refractivity contribution is 4.91. The van der Waals surface area contributed by atoms with Gasteiger partial charge in [-0.1, -0.05) is 6.92 Å². The van der Waals surface area contributed by atoms with Crippen LogP contribution in [0, 0.1) is 5.92 Å². The Morgan fingerprint density at radius 1 is 1.31 bits per heavy atom. The molecule has 5 unspecified atom stereocenters. The first-order valence-corrected chi connectivity index (χ1v) is 6.74. The lowest BCUT2D eigenvalue weighted by Gasteiger charge is -2.45. The van der Waals surface area contributed by atoms with Gasteiger partial charge in [-0.25, -0.2) is 0 Å². The molecule has 3 heteroatoms. The molecule has 2 heterocycles. The van der Waals surface area contributed by atoms with Crippen LogP contribution in [-0.4, -0.2) is 42.3 Å². The van der Waals surface area contributed by atoms with E-state index in [0.29, 0.717) is 30.1 Å². The van der Waals surface area contributed by atoms with Gasteiger partial charge in [0.05, 0.1) is 6.10 Å². The molecule has 0 saturated carbocycles. The van der Waals surface area contributed by atoms with Crippen LogP contribution in [0.15, 0.2) is 0 Å². The van der Waals surface area contributed by atoms with E-state index < -0.39 is 0 Å². The molecule has 2 aliphatic heterocycles. The van der Waals surface area contributed by atoms with Crippen LogP contribution >= 0.6 is 0 Å². The second kappa shape index (κ2) is 5.03. The van der Waals surface area contributed by atoms with Crippen molar-refractivity contribution in [3.63, 3.8) is 0 Å². The maximum absolute atomic E-state index is 6.13. The predicted molar refractivity (Wildman–Crippen MR) is 66.4 cm³/mol. The summed E-state index contributed by atoms with van der Waals surface area (Å²) in [6, 6.07) is 1.51. The number of likely N-dealkylation sites (tertiary alicyclic amines) is 1. The molecule has 0 aromatic rings. The second-order valence-electron chi connectivity index (χ2n) is 5.58. The third-order valence-corrected chi connectivity index (χ3v) is 4.71. The lowest BCUT2D eigenvalue weighted by Crippen LogP contribution is -2.56. The van der Waals surface area contributed by atoms with Crippen LogP contribution in [0.3, 0.4) is 0 Å². The monoisotopic (exact) mass is 226 g/mol. The highest BCUT2D eigenvalue weighted by Crippen LogP contribution is 2.28. The maximum Gasteiger partial charge on any atom is 0.0728 e. The van der Waals surface area contributed by atoms with Gasteiger partial charge >= 0.3 is 0 Å². The van der Waals surface area contributed by atoms with Crippen molar-refractivity contribution in [2.75, 3.05) is 13.2 Å². The van der Waals surface area contributed by atoms with Gasteiger partial charge in [0.15, 0.2) is 0 Å². The van der Waals surface area contributed by atoms with E-state index in [1.54, 1.807) is 0 Å². The molecule has 2 saturated heterocycles. The molecule has 0 amide bonds. The lowest BCUT2D eigenvalue weighted by atomic mass is 9.86. The molecule has 0 aliphatic carbocycles. The molecule has 0 bridgehead atoms. The largest absolute Gasteiger partial charge is 0.377 e. The Balaban J connectivity index is 1.97. The van der Waals surface area contributed by atoms with E-state index in [2.05, 4.69) is 25.7 Å². The van der Waals surface area contributed by atoms with Crippen LogP contribution in [0.4, 0.5) is 0 Å². The second-order valence-corrected chi connectivity index (χ2v) is 5.58. The number of nitrogens with two attached hydrogens (primary N) is 1. The fourth-order valence-corrected chi connectivity index (χ4v) is 3.20. The molecule has 5 atom stereocenters. The van der Waals surface area contributed by atoms with Crippen molar-refractivity contribution in [1.29, 1.82) is 0 Å². The quantitative estimate of drug-likeness (QED) is 0.777. The van der Waals surface area contributed by atoms with E-state index in [9.17, 15) is 0 Å². The molecule has 2 N–H and O–H groups in total. The number of hydrogen-bond donors (Lipinski definition) is 1. The van der Waals surface area contributed by atoms with Crippen LogP contribution in [0.25, 0.3) is 0 Å². The van der Waals surface area contributed by atoms with Gasteiger partial charge in [0, 0.05) is 31.3 Å². The topological polar surface area (TPSA) is 38.5 Å². The molecule has 2 fully saturated rings. The molecule has 0 aromatic heterocycles. The Morgan fingerprint density at radius 2 is 2.06 bits per heavy atom. The van der Waals surface area contributed by atoms with Crippen molar-refractivity contribution < 1.29 is 4.74 Å². The molecule has 0 spiro atoms. The highest BCUT2D eigenvalue weighted by atomic mass is 16.5. The zero-order chi connectivity index (χ0) is 11.7. The van der Waals surface area contributed by atoms with E-state index >= 15 is 0 Å². The van der Waals surface area contributed by atoms with E-state index in [1.807, 2.05) is 0 Å². The van der Waals surface area contributed by atoms with E-state index in [-0.39, 0.29) is 0 Å². The van der Waals surface area contributed by atoms with Crippen LogP contribution in [0.2, 0.25) is 0 Å². The average Bonchev–Trinajstić information content (AvgIpc) is 2.79. The fraction of sp³-hybridized carbons (Fsp3) is 1.00. The van der Waals surface area contributed by atoms with Gasteiger partial charge in [-0.2, -0.15) is 0 Å². The standard InChI is InChI=1S/C13H26N2O/c1-9-10(2)15(7-6-12(9)14)11(3)13-5-4-8-16-13/h9-13H,4-8,14H2,1-3H3. The molecule has 0 aromatic carbocycles. The molecule has 0 radical (unpaired) electrons. The summed E-state index contributed by atoms with van der Waals surface area (Å²) in [7, 11) is 0. The zero-order valence-corrected chi connectivity index (χ0v) is 10.9. The summed E-state index contributed by atoms with van der Waals surface area (Å²) < 4.78 is 5.81. The van der Waals surface area contributed by atoms with E-state index in [0.717, 1.165) is 19.6 Å². The van der Waals surface area contributed by atoms with Crippen molar-refractivity contribution in [2.45, 2.75) is 64.3 Å². The minimum Gasteiger partial charge on any atom is -0.377 e. The van der Waals surface area contributed by atoms with Crippen molar-refractivity contribution in [2.24, 2.45) is 11.7 Å². The SMILES string of the molecule is CC1C(N)CCN(C(C)C2CCCO2)C1C. The van der Waals surface area contributed by atoms with E-state index in [4.69, 9.17) is 10.5 Å². The first-order valence-electron chi connectivity index (χ1n) is 6.74. The maximum atomic E-state index is 6.13. The smallest absolute Gasteiger partial charge is 0.0728 e. The van der Waals surface area contributed by atoms with Crippen molar-refractivity contribution in [3.05, 3.63) is 0 Å². The number of ether oxygens (including phenoxy) is 1. The molecular formula is C13H26N2O. The molecule has 2 aliphatic rings. The number of nitrogens with zero attached hydrogens (tertiary/aromatic N) is 1. The molecule has 94 valence electrons. The Labute approximate surface area is 99.3 Å². The third kappa shape index (κ3) is 2.27. The van der Waals surface area contributed by atoms with Crippen LogP contribution in [-0.2, 0) is 4.74 Å². The van der Waals surface area contributed by atoms with Crippen LogP contribution < -0.4 is 5.73 Å². The summed E-state index contributed by atoms with van der Waals surface area (Å²) >= 11 is 0. The fourth-order valence-electron chi connectivity index (χ4n) is 3.20. The third-order valence-electron chi connectivity index (χ3n) is 4.71. The van der Waals surface area contributed by atoms with Crippen LogP contribution in [0.1, 0.15) is 40.0 Å². The molecular weight excluding hydrogens is 200 g/mol. The Bertz CT molecular complexity index is 228. The summed E-state index contributed by atoms with van der Waals surface area (Å²) in [6.07, 6.45) is 4.03. The van der Waals surface area contributed by atoms with Gasteiger partial charge in [0.25, 0.3) is 0 Å². The first-order chi connectivity index (χ1) is 7.61. The lowest BCUT2D eigenvalue weighted by molar-refractivity contribution is -0.0143. The van der Waals surface area contributed by atoms with Gasteiger partial charge in [0.2, 0.25) is 0 Å². The number of hydrogen-bond acceptors (Lipinski definition) is 3. The molecule has 3 nitrogen and oxygen atoms in total. The number of rotatable bonds is 2. The summed E-state index contributed by atoms with van der Waals surface area (Å²) in [6.45, 7) is 8.99. The van der Waals surface area contributed by atoms with Crippen LogP contribution in [0.5, 0.6) is 0 Å². The minimum absolute atomic E-state index is 0.378. The molecule has 2 rings (SSSR count). The zero-order valence-electron chi connectivity index (χ0n) is 10.9. The normalized spacial score (nSPS) is 43.5. The van der Waals surface area contributed by atoms with Gasteiger partial charge in [-0.15, -0.1) is 0 Å². The predicted octanol–water partition coefficient (Wildman–Crippen LogP) is 1.61.